The summed E-state index contributed by atoms with van der Waals surface area (Å²) in [6.07, 6.45) is 16.5. The number of pyridine rings is 1. The van der Waals surface area contributed by atoms with Gasteiger partial charge in [-0.25, -0.2) is 0 Å². The van der Waals surface area contributed by atoms with E-state index in [1.807, 2.05) is 13.8 Å². The second kappa shape index (κ2) is 10.0. The van der Waals surface area contributed by atoms with Gasteiger partial charge in [-0.3, -0.25) is 4.98 Å². The highest BCUT2D eigenvalue weighted by Crippen LogP contribution is 2.61. The molecule has 11 rings (SSSR count). The van der Waals surface area contributed by atoms with Crippen LogP contribution in [0, 0.1) is 0 Å². The average molecular weight is 664 g/mol. The van der Waals surface area contributed by atoms with Crippen molar-refractivity contribution in [3.63, 3.8) is 0 Å². The van der Waals surface area contributed by atoms with Crippen LogP contribution in [-0.4, -0.2) is 14.0 Å². The Morgan fingerprint density at radius 3 is 2.18 bits per heavy atom. The van der Waals surface area contributed by atoms with Crippen LogP contribution < -0.4 is 0 Å². The molecule has 0 saturated carbocycles. The van der Waals surface area contributed by atoms with Gasteiger partial charge in [-0.1, -0.05) is 97.5 Å². The lowest BCUT2D eigenvalue weighted by Crippen LogP contribution is -2.34. The molecule has 0 radical (unpaired) electrons. The lowest BCUT2D eigenvalue weighted by Gasteiger charge is -2.43. The monoisotopic (exact) mass is 663 g/mol. The van der Waals surface area contributed by atoms with Gasteiger partial charge in [-0.15, -0.1) is 5.73 Å². The predicted octanol–water partition coefficient (Wildman–Crippen LogP) is 12.9. The molecule has 2 aliphatic heterocycles. The normalized spacial score (nSPS) is 18.9. The van der Waals surface area contributed by atoms with Gasteiger partial charge < -0.3 is 8.97 Å². The third kappa shape index (κ3) is 3.35. The first kappa shape index (κ1) is 30.7. The maximum absolute atomic E-state index is 5.25. The van der Waals surface area contributed by atoms with Crippen molar-refractivity contribution in [1.29, 1.82) is 0 Å². The minimum absolute atomic E-state index is 0.251. The van der Waals surface area contributed by atoms with Crippen molar-refractivity contribution >= 4 is 66.7 Å². The van der Waals surface area contributed by atoms with Gasteiger partial charge in [0.25, 0.3) is 0 Å². The van der Waals surface area contributed by atoms with Crippen LogP contribution in [0.3, 0.4) is 0 Å². The van der Waals surface area contributed by atoms with E-state index in [2.05, 4.69) is 136 Å². The lowest BCUT2D eigenvalue weighted by atomic mass is 9.66. The number of rotatable bonds is 3. The van der Waals surface area contributed by atoms with Crippen LogP contribution in [0.2, 0.25) is 0 Å². The standard InChI is InChI=1S/C46H39N3.C2H6/c1-8-25-16-10-11-22-31-34(25)36-33(23-47-31)48-32(9-2)35(26-17-12-15-24(26)3)37-39-44-40(38(36)43(37)48)46(6,7)30-21-14-19-28-27-18-13-20-29(45(39,4)5)41(27)49(44)42(28)30;1-2/h9,11,13-15,17-23,25H,2,8,10,16H2,1,3-7H3;1-2H3. The number of fused-ring (bicyclic) bond motifs is 8. The fourth-order valence-corrected chi connectivity index (χ4v) is 10.8. The summed E-state index contributed by atoms with van der Waals surface area (Å²) in [5.41, 5.74) is 22.8. The topological polar surface area (TPSA) is 22.2 Å². The van der Waals surface area contributed by atoms with Crippen molar-refractivity contribution in [1.82, 2.24) is 14.0 Å². The van der Waals surface area contributed by atoms with Gasteiger partial charge in [0, 0.05) is 43.3 Å². The van der Waals surface area contributed by atoms with Crippen LogP contribution in [0.1, 0.15) is 125 Å². The van der Waals surface area contributed by atoms with E-state index in [0.29, 0.717) is 5.92 Å². The molecule has 4 aliphatic rings. The molecular formula is C48H45N3. The highest BCUT2D eigenvalue weighted by Gasteiger charge is 2.48. The Hall–Kier alpha value is -5.11. The van der Waals surface area contributed by atoms with E-state index in [4.69, 9.17) is 4.98 Å². The second-order valence-electron chi connectivity index (χ2n) is 15.9. The van der Waals surface area contributed by atoms with Crippen molar-refractivity contribution in [2.24, 2.45) is 0 Å². The number of allylic oxidation sites excluding steroid dienone is 4. The molecule has 3 heteroatoms. The van der Waals surface area contributed by atoms with Crippen molar-refractivity contribution in [2.45, 2.75) is 91.4 Å². The molecule has 0 saturated heterocycles. The van der Waals surface area contributed by atoms with Gasteiger partial charge in [0.1, 0.15) is 0 Å². The van der Waals surface area contributed by atoms with E-state index in [1.165, 1.54) is 99.2 Å². The first-order chi connectivity index (χ1) is 24.7. The van der Waals surface area contributed by atoms with Gasteiger partial charge in [-0.05, 0) is 95.4 Å². The van der Waals surface area contributed by atoms with E-state index in [-0.39, 0.29) is 10.8 Å². The fourth-order valence-electron chi connectivity index (χ4n) is 10.8. The molecule has 0 amide bonds. The van der Waals surface area contributed by atoms with Crippen molar-refractivity contribution in [3.05, 3.63) is 123 Å². The van der Waals surface area contributed by atoms with Crippen LogP contribution >= 0.6 is 0 Å². The molecule has 0 spiro atoms. The van der Waals surface area contributed by atoms with E-state index in [0.717, 1.165) is 30.7 Å². The van der Waals surface area contributed by atoms with Crippen molar-refractivity contribution < 1.29 is 0 Å². The molecule has 3 nitrogen and oxygen atoms in total. The molecule has 0 bridgehead atoms. The maximum atomic E-state index is 5.25. The summed E-state index contributed by atoms with van der Waals surface area (Å²) in [5, 5.41) is 6.87. The van der Waals surface area contributed by atoms with E-state index >= 15 is 0 Å². The summed E-state index contributed by atoms with van der Waals surface area (Å²) in [4.78, 5) is 5.25. The number of para-hydroxylation sites is 2. The van der Waals surface area contributed by atoms with Crippen molar-refractivity contribution in [2.75, 3.05) is 0 Å². The number of hydrogen-bond donors (Lipinski definition) is 0. The van der Waals surface area contributed by atoms with Crippen LogP contribution in [0.5, 0.6) is 0 Å². The molecule has 2 aliphatic carbocycles. The molecule has 4 aromatic heterocycles. The van der Waals surface area contributed by atoms with Crippen LogP contribution in [0.4, 0.5) is 0 Å². The first-order valence-corrected chi connectivity index (χ1v) is 19.0. The van der Waals surface area contributed by atoms with E-state index in [9.17, 15) is 0 Å². The summed E-state index contributed by atoms with van der Waals surface area (Å²) in [7, 11) is 0. The highest BCUT2D eigenvalue weighted by molar-refractivity contribution is 6.26. The molecule has 252 valence electrons. The van der Waals surface area contributed by atoms with E-state index < -0.39 is 0 Å². The molecule has 1 unspecified atom stereocenters. The second-order valence-corrected chi connectivity index (χ2v) is 15.9. The lowest BCUT2D eigenvalue weighted by molar-refractivity contribution is 0.602. The first-order valence-electron chi connectivity index (χ1n) is 19.0. The molecule has 51 heavy (non-hydrogen) atoms. The Labute approximate surface area is 300 Å². The Kier molecular flexibility index (Phi) is 6.03. The highest BCUT2D eigenvalue weighted by atomic mass is 15.0. The quantitative estimate of drug-likeness (QED) is 0.173. The minimum atomic E-state index is -0.262. The number of benzene rings is 3. The minimum Gasteiger partial charge on any atom is -0.308 e. The molecule has 0 N–H and O–H groups in total. The number of nitrogens with zero attached hydrogens (tertiary/aromatic N) is 3. The SMILES string of the molecule is C=Cc1c(C2=C(C)C=C=C2)c2c3c4c(c5c6c7c(ncc6n1c25)C=CCCC7CC)C(C)(C)c1cccc2c5cccc(c5n-4c12)C3(C)C.CC. The Bertz CT molecular complexity index is 2840. The Morgan fingerprint density at radius 2 is 1.57 bits per heavy atom. The zero-order valence-corrected chi connectivity index (χ0v) is 31.2. The molecule has 0 fully saturated rings. The average Bonchev–Trinajstić information content (AvgIpc) is 3.84. The Morgan fingerprint density at radius 1 is 0.902 bits per heavy atom. The maximum Gasteiger partial charge on any atom is 0.0728 e. The van der Waals surface area contributed by atoms with Crippen molar-refractivity contribution in [3.8, 4) is 5.69 Å². The summed E-state index contributed by atoms with van der Waals surface area (Å²) < 4.78 is 5.24. The zero-order valence-electron chi connectivity index (χ0n) is 31.2. The van der Waals surface area contributed by atoms with Crippen LogP contribution in [0.25, 0.3) is 72.4 Å². The largest absolute Gasteiger partial charge is 0.308 e. The fraction of sp³-hybridized carbons (Fsp3) is 0.292. The van der Waals surface area contributed by atoms with E-state index in [1.54, 1.807) is 0 Å². The molecule has 7 aromatic rings. The zero-order chi connectivity index (χ0) is 35.3. The van der Waals surface area contributed by atoms with Gasteiger partial charge >= 0.3 is 0 Å². The molecular weight excluding hydrogens is 619 g/mol. The van der Waals surface area contributed by atoms with Crippen LogP contribution in [-0.2, 0) is 10.8 Å². The summed E-state index contributed by atoms with van der Waals surface area (Å²) in [6, 6.07) is 14.0. The molecule has 1 atom stereocenters. The molecule has 3 aromatic carbocycles. The van der Waals surface area contributed by atoms with Gasteiger partial charge in [0.05, 0.1) is 45.3 Å². The predicted molar refractivity (Wildman–Crippen MR) is 218 cm³/mol. The third-order valence-electron chi connectivity index (χ3n) is 12.9. The van der Waals surface area contributed by atoms with Gasteiger partial charge in [-0.2, -0.15) is 0 Å². The third-order valence-corrected chi connectivity index (χ3v) is 12.9. The smallest absolute Gasteiger partial charge is 0.0728 e. The summed E-state index contributed by atoms with van der Waals surface area (Å²) in [5.74, 6) is 0.440. The molecule has 6 heterocycles. The number of aromatic nitrogens is 3. The summed E-state index contributed by atoms with van der Waals surface area (Å²) in [6.45, 7) is 23.0. The number of hydrogen-bond acceptors (Lipinski definition) is 1. The summed E-state index contributed by atoms with van der Waals surface area (Å²) >= 11 is 0. The van der Waals surface area contributed by atoms with Gasteiger partial charge in [0.2, 0.25) is 0 Å². The van der Waals surface area contributed by atoms with Gasteiger partial charge in [0.15, 0.2) is 0 Å². The Balaban J connectivity index is 0.00000161. The van der Waals surface area contributed by atoms with Crippen LogP contribution in [0.15, 0.2) is 78.7 Å².